The molecule has 1 amide bonds. The molecule has 0 unspecified atom stereocenters. The standard InChI is InChI=1S/C19H21NO4/c1-13-11-18(21)24-17-12-14(9-10-16(13)17)20-19(22)23-15-7-5-3-2-4-6-8-15/h7,9-12H,2-6,8H2,1H3,(H,20,22)/b15-7+. The van der Waals surface area contributed by atoms with Gasteiger partial charge >= 0.3 is 11.7 Å². The molecule has 1 aromatic carbocycles. The summed E-state index contributed by atoms with van der Waals surface area (Å²) in [5.41, 5.74) is 1.42. The third-order valence-corrected chi connectivity index (χ3v) is 4.17. The number of nitrogens with one attached hydrogen (secondary N) is 1. The maximum absolute atomic E-state index is 12.1. The average Bonchev–Trinajstić information content (AvgIpc) is 2.49. The predicted molar refractivity (Wildman–Crippen MR) is 93.1 cm³/mol. The largest absolute Gasteiger partial charge is 0.423 e. The van der Waals surface area contributed by atoms with Crippen LogP contribution in [0, 0.1) is 6.92 Å². The first-order valence-electron chi connectivity index (χ1n) is 8.34. The number of carbonyl (C=O) groups is 1. The van der Waals surface area contributed by atoms with Crippen LogP contribution < -0.4 is 10.9 Å². The van der Waals surface area contributed by atoms with Gasteiger partial charge in [0.1, 0.15) is 11.3 Å². The first kappa shape index (κ1) is 16.3. The number of carbonyl (C=O) groups excluding carboxylic acids is 1. The lowest BCUT2D eigenvalue weighted by molar-refractivity contribution is 0.187. The van der Waals surface area contributed by atoms with E-state index in [1.165, 1.54) is 18.9 Å². The number of hydrogen-bond donors (Lipinski definition) is 1. The summed E-state index contributed by atoms with van der Waals surface area (Å²) in [5, 5.41) is 3.54. The van der Waals surface area contributed by atoms with E-state index in [9.17, 15) is 9.59 Å². The second-order valence-electron chi connectivity index (χ2n) is 6.10. The highest BCUT2D eigenvalue weighted by atomic mass is 16.6. The van der Waals surface area contributed by atoms with Gasteiger partial charge in [-0.25, -0.2) is 9.59 Å². The van der Waals surface area contributed by atoms with Crippen LogP contribution in [0.25, 0.3) is 11.0 Å². The van der Waals surface area contributed by atoms with E-state index in [2.05, 4.69) is 5.32 Å². The van der Waals surface area contributed by atoms with Crippen molar-refractivity contribution < 1.29 is 13.9 Å². The van der Waals surface area contributed by atoms with Crippen molar-refractivity contribution in [3.8, 4) is 0 Å². The van der Waals surface area contributed by atoms with Crippen LogP contribution in [0.3, 0.4) is 0 Å². The summed E-state index contributed by atoms with van der Waals surface area (Å²) in [6.45, 7) is 1.85. The van der Waals surface area contributed by atoms with Crippen LogP contribution in [0.2, 0.25) is 0 Å². The van der Waals surface area contributed by atoms with Gasteiger partial charge in [0.05, 0.1) is 0 Å². The van der Waals surface area contributed by atoms with Gasteiger partial charge in [0.15, 0.2) is 0 Å². The fraction of sp³-hybridized carbons (Fsp3) is 0.368. The third kappa shape index (κ3) is 4.04. The second kappa shape index (κ2) is 7.34. The fourth-order valence-corrected chi connectivity index (χ4v) is 2.92. The average molecular weight is 327 g/mol. The Bertz CT molecular complexity index is 835. The second-order valence-corrected chi connectivity index (χ2v) is 6.10. The molecule has 1 N–H and O–H groups in total. The van der Waals surface area contributed by atoms with Gasteiger partial charge in [0.2, 0.25) is 0 Å². The number of rotatable bonds is 2. The zero-order valence-electron chi connectivity index (χ0n) is 13.8. The number of allylic oxidation sites excluding steroid dienone is 2. The summed E-state index contributed by atoms with van der Waals surface area (Å²) < 4.78 is 10.6. The minimum atomic E-state index is -0.517. The van der Waals surface area contributed by atoms with Gasteiger partial charge in [0.25, 0.3) is 0 Å². The van der Waals surface area contributed by atoms with Gasteiger partial charge in [-0.15, -0.1) is 0 Å². The summed E-state index contributed by atoms with van der Waals surface area (Å²) in [6, 6.07) is 6.67. The van der Waals surface area contributed by atoms with E-state index in [1.807, 2.05) is 19.1 Å². The number of amides is 1. The molecule has 0 atom stereocenters. The predicted octanol–water partition coefficient (Wildman–Crippen LogP) is 4.89. The lowest BCUT2D eigenvalue weighted by Gasteiger charge is -2.12. The summed E-state index contributed by atoms with van der Waals surface area (Å²) in [7, 11) is 0. The molecule has 1 heterocycles. The van der Waals surface area contributed by atoms with Crippen molar-refractivity contribution in [2.24, 2.45) is 0 Å². The Labute approximate surface area is 140 Å². The number of aryl methyl sites for hydroxylation is 1. The Hall–Kier alpha value is -2.56. The number of fused-ring (bicyclic) bond motifs is 1. The maximum Gasteiger partial charge on any atom is 0.416 e. The molecule has 0 saturated carbocycles. The molecule has 1 aromatic heterocycles. The highest BCUT2D eigenvalue weighted by Gasteiger charge is 2.10. The fourth-order valence-electron chi connectivity index (χ4n) is 2.92. The Morgan fingerprint density at radius 3 is 2.88 bits per heavy atom. The molecule has 5 heteroatoms. The molecule has 5 nitrogen and oxygen atoms in total. The Kier molecular flexibility index (Phi) is 4.99. The number of hydrogen-bond acceptors (Lipinski definition) is 4. The summed E-state index contributed by atoms with van der Waals surface area (Å²) in [6.07, 6.45) is 7.81. The van der Waals surface area contributed by atoms with E-state index in [4.69, 9.17) is 9.15 Å². The topological polar surface area (TPSA) is 68.5 Å². The van der Waals surface area contributed by atoms with Crippen molar-refractivity contribution in [2.45, 2.75) is 45.4 Å². The zero-order chi connectivity index (χ0) is 16.9. The third-order valence-electron chi connectivity index (χ3n) is 4.17. The van der Waals surface area contributed by atoms with E-state index >= 15 is 0 Å². The van der Waals surface area contributed by atoms with E-state index in [-0.39, 0.29) is 0 Å². The summed E-state index contributed by atoms with van der Waals surface area (Å²) >= 11 is 0. The van der Waals surface area contributed by atoms with Gasteiger partial charge in [-0.3, -0.25) is 5.32 Å². The molecule has 0 spiro atoms. The van der Waals surface area contributed by atoms with Crippen LogP contribution in [-0.2, 0) is 4.74 Å². The molecule has 0 fully saturated rings. The van der Waals surface area contributed by atoms with Crippen LogP contribution in [-0.4, -0.2) is 6.09 Å². The molecule has 3 rings (SSSR count). The van der Waals surface area contributed by atoms with E-state index in [0.29, 0.717) is 11.3 Å². The molecule has 1 aliphatic rings. The van der Waals surface area contributed by atoms with Crippen molar-refractivity contribution in [1.29, 1.82) is 0 Å². The lowest BCUT2D eigenvalue weighted by atomic mass is 10.1. The first-order chi connectivity index (χ1) is 11.6. The summed E-state index contributed by atoms with van der Waals surface area (Å²) in [5.74, 6) is 0.732. The van der Waals surface area contributed by atoms with Crippen LogP contribution in [0.15, 0.2) is 45.3 Å². The first-order valence-corrected chi connectivity index (χ1v) is 8.34. The van der Waals surface area contributed by atoms with Crippen LogP contribution in [0.5, 0.6) is 0 Å². The smallest absolute Gasteiger partial charge is 0.416 e. The molecule has 0 radical (unpaired) electrons. The summed E-state index contributed by atoms with van der Waals surface area (Å²) in [4.78, 5) is 23.6. The van der Waals surface area contributed by atoms with Crippen molar-refractivity contribution in [1.82, 2.24) is 0 Å². The molecule has 0 bridgehead atoms. The Morgan fingerprint density at radius 2 is 2.00 bits per heavy atom. The van der Waals surface area contributed by atoms with Crippen molar-refractivity contribution >= 4 is 22.7 Å². The molecule has 2 aromatic rings. The van der Waals surface area contributed by atoms with Gasteiger partial charge in [-0.1, -0.05) is 12.8 Å². The molecular formula is C19H21NO4. The molecule has 24 heavy (non-hydrogen) atoms. The number of benzene rings is 1. The highest BCUT2D eigenvalue weighted by Crippen LogP contribution is 2.22. The van der Waals surface area contributed by atoms with E-state index in [0.717, 1.165) is 42.4 Å². The Morgan fingerprint density at radius 1 is 1.17 bits per heavy atom. The van der Waals surface area contributed by atoms with E-state index < -0.39 is 11.7 Å². The monoisotopic (exact) mass is 327 g/mol. The van der Waals surface area contributed by atoms with Gasteiger partial charge in [-0.05, 0) is 50.0 Å². The highest BCUT2D eigenvalue weighted by molar-refractivity contribution is 5.90. The van der Waals surface area contributed by atoms with Gasteiger partial charge in [0, 0.05) is 29.6 Å². The number of ether oxygens (including phenoxy) is 1. The van der Waals surface area contributed by atoms with Crippen molar-refractivity contribution in [3.05, 3.63) is 52.1 Å². The molecule has 126 valence electrons. The molecule has 0 saturated heterocycles. The normalized spacial score (nSPS) is 17.5. The van der Waals surface area contributed by atoms with Gasteiger partial charge in [-0.2, -0.15) is 0 Å². The quantitative estimate of drug-likeness (QED) is 0.798. The lowest BCUT2D eigenvalue weighted by Crippen LogP contribution is -2.14. The van der Waals surface area contributed by atoms with Crippen molar-refractivity contribution in [2.75, 3.05) is 5.32 Å². The van der Waals surface area contributed by atoms with Crippen molar-refractivity contribution in [3.63, 3.8) is 0 Å². The maximum atomic E-state index is 12.1. The van der Waals surface area contributed by atoms with E-state index in [1.54, 1.807) is 12.1 Å². The Balaban J connectivity index is 1.72. The molecular weight excluding hydrogens is 306 g/mol. The minimum Gasteiger partial charge on any atom is -0.423 e. The molecule has 0 aliphatic heterocycles. The minimum absolute atomic E-state index is 0.403. The number of anilines is 1. The zero-order valence-corrected chi connectivity index (χ0v) is 13.8. The van der Waals surface area contributed by atoms with Crippen LogP contribution in [0.4, 0.5) is 10.5 Å². The molecule has 1 aliphatic carbocycles. The van der Waals surface area contributed by atoms with Gasteiger partial charge < -0.3 is 9.15 Å². The van der Waals surface area contributed by atoms with Crippen LogP contribution >= 0.6 is 0 Å². The SMILES string of the molecule is Cc1cc(=O)oc2cc(NC(=O)O/C3=C/CCCCCC3)ccc12. The van der Waals surface area contributed by atoms with Crippen LogP contribution in [0.1, 0.15) is 44.1 Å².